The van der Waals surface area contributed by atoms with Crippen LogP contribution in [0.15, 0.2) is 70.6 Å². The number of para-hydroxylation sites is 1. The predicted octanol–water partition coefficient (Wildman–Crippen LogP) is 7.17. The first-order valence-corrected chi connectivity index (χ1v) is 13.8. The van der Waals surface area contributed by atoms with Crippen LogP contribution in [0.3, 0.4) is 0 Å². The number of fused-ring (bicyclic) bond motifs is 1. The van der Waals surface area contributed by atoms with Crippen molar-refractivity contribution >= 4 is 51.3 Å². The van der Waals surface area contributed by atoms with E-state index in [-0.39, 0.29) is 11.5 Å². The van der Waals surface area contributed by atoms with Crippen molar-refractivity contribution in [2.24, 2.45) is 5.10 Å². The van der Waals surface area contributed by atoms with Crippen LogP contribution in [0.25, 0.3) is 10.9 Å². The van der Waals surface area contributed by atoms with Gasteiger partial charge < -0.3 is 9.47 Å². The largest absolute Gasteiger partial charge is 0.493 e. The minimum Gasteiger partial charge on any atom is -0.493 e. The Balaban J connectivity index is 1.47. The van der Waals surface area contributed by atoms with Gasteiger partial charge in [0.05, 0.1) is 27.8 Å². The smallest absolute Gasteiger partial charge is 0.282 e. The molecular formula is C29H27ClIN3O3. The zero-order valence-corrected chi connectivity index (χ0v) is 23.4. The van der Waals surface area contributed by atoms with Crippen LogP contribution in [0, 0.1) is 3.57 Å². The number of hydrogen-bond acceptors (Lipinski definition) is 5. The summed E-state index contributed by atoms with van der Waals surface area (Å²) < 4.78 is 14.1. The standard InChI is InChI=1S/C29H27ClIN3O3/c1-36-26-16-20(15-24(31)27(26)37-18-19-11-13-22(30)14-12-19)17-32-34-28(21-7-3-2-4-8-21)33-25-10-6-5-9-23(25)29(34)35/h5-6,9-17,21H,2-4,7-8,18H2,1H3. The van der Waals surface area contributed by atoms with E-state index in [1.807, 2.05) is 54.6 Å². The second kappa shape index (κ2) is 11.6. The van der Waals surface area contributed by atoms with Gasteiger partial charge in [-0.25, -0.2) is 4.98 Å². The Morgan fingerprint density at radius 3 is 2.62 bits per heavy atom. The molecule has 1 heterocycles. The van der Waals surface area contributed by atoms with Crippen LogP contribution in [-0.4, -0.2) is 23.0 Å². The van der Waals surface area contributed by atoms with Crippen molar-refractivity contribution in [1.82, 2.24) is 9.66 Å². The summed E-state index contributed by atoms with van der Waals surface area (Å²) >= 11 is 8.21. The van der Waals surface area contributed by atoms with E-state index in [4.69, 9.17) is 26.1 Å². The van der Waals surface area contributed by atoms with Crippen LogP contribution < -0.4 is 15.0 Å². The number of ether oxygens (including phenoxy) is 2. The summed E-state index contributed by atoms with van der Waals surface area (Å²) in [5, 5.41) is 5.91. The third-order valence-corrected chi connectivity index (χ3v) is 7.67. The molecule has 0 N–H and O–H groups in total. The lowest BCUT2D eigenvalue weighted by atomic mass is 9.88. The molecular weight excluding hydrogens is 601 g/mol. The van der Waals surface area contributed by atoms with E-state index < -0.39 is 0 Å². The Hall–Kier alpha value is -2.91. The fraction of sp³-hybridized carbons (Fsp3) is 0.276. The fourth-order valence-electron chi connectivity index (χ4n) is 4.69. The van der Waals surface area contributed by atoms with Crippen LogP contribution in [0.2, 0.25) is 5.02 Å². The molecule has 0 saturated heterocycles. The summed E-state index contributed by atoms with van der Waals surface area (Å²) in [6.45, 7) is 0.389. The van der Waals surface area contributed by atoms with Gasteiger partial charge in [-0.1, -0.05) is 55.1 Å². The Kier molecular flexibility index (Phi) is 8.10. The molecule has 1 aliphatic rings. The van der Waals surface area contributed by atoms with Gasteiger partial charge in [0.25, 0.3) is 5.56 Å². The van der Waals surface area contributed by atoms with Gasteiger partial charge in [0, 0.05) is 10.9 Å². The lowest BCUT2D eigenvalue weighted by molar-refractivity contribution is 0.282. The van der Waals surface area contributed by atoms with E-state index in [9.17, 15) is 4.79 Å². The molecule has 0 aliphatic heterocycles. The summed E-state index contributed by atoms with van der Waals surface area (Å²) in [5.41, 5.74) is 2.38. The highest BCUT2D eigenvalue weighted by Gasteiger charge is 2.22. The molecule has 8 heteroatoms. The third-order valence-electron chi connectivity index (χ3n) is 6.62. The summed E-state index contributed by atoms with van der Waals surface area (Å²) in [7, 11) is 1.61. The first kappa shape index (κ1) is 25.7. The summed E-state index contributed by atoms with van der Waals surface area (Å²) in [4.78, 5) is 18.3. The number of aromatic nitrogens is 2. The monoisotopic (exact) mass is 627 g/mol. The van der Waals surface area contributed by atoms with Gasteiger partial charge in [-0.2, -0.15) is 9.78 Å². The molecule has 3 aromatic carbocycles. The zero-order valence-electron chi connectivity index (χ0n) is 20.5. The van der Waals surface area contributed by atoms with Crippen molar-refractivity contribution in [2.75, 3.05) is 7.11 Å². The molecule has 0 spiro atoms. The van der Waals surface area contributed by atoms with E-state index in [1.54, 1.807) is 19.4 Å². The normalized spacial score (nSPS) is 14.4. The maximum Gasteiger partial charge on any atom is 0.282 e. The molecule has 1 fully saturated rings. The molecule has 1 aromatic heterocycles. The molecule has 0 radical (unpaired) electrons. The average molecular weight is 628 g/mol. The molecule has 190 valence electrons. The molecule has 0 amide bonds. The third kappa shape index (κ3) is 5.83. The number of halogens is 2. The Labute approximate surface area is 234 Å². The molecule has 4 aromatic rings. The first-order chi connectivity index (χ1) is 18.0. The number of rotatable bonds is 7. The van der Waals surface area contributed by atoms with Crippen molar-refractivity contribution < 1.29 is 9.47 Å². The highest BCUT2D eigenvalue weighted by atomic mass is 127. The van der Waals surface area contributed by atoms with Gasteiger partial charge in [0.15, 0.2) is 11.5 Å². The number of nitrogens with zero attached hydrogens (tertiary/aromatic N) is 3. The SMILES string of the molecule is COc1cc(C=Nn2c(C3CCCCC3)nc3ccccc3c2=O)cc(I)c1OCc1ccc(Cl)cc1. The van der Waals surface area contributed by atoms with Gasteiger partial charge in [-0.05, 0) is 83.0 Å². The summed E-state index contributed by atoms with van der Waals surface area (Å²) in [6.07, 6.45) is 7.24. The van der Waals surface area contributed by atoms with Crippen molar-refractivity contribution in [3.8, 4) is 11.5 Å². The minimum atomic E-state index is -0.146. The molecule has 1 aliphatic carbocycles. The molecule has 0 bridgehead atoms. The predicted molar refractivity (Wildman–Crippen MR) is 156 cm³/mol. The lowest BCUT2D eigenvalue weighted by Crippen LogP contribution is -2.25. The zero-order chi connectivity index (χ0) is 25.8. The molecule has 1 saturated carbocycles. The van der Waals surface area contributed by atoms with E-state index in [0.29, 0.717) is 28.5 Å². The number of hydrogen-bond donors (Lipinski definition) is 0. The van der Waals surface area contributed by atoms with Crippen molar-refractivity contribution in [2.45, 2.75) is 44.6 Å². The van der Waals surface area contributed by atoms with Crippen molar-refractivity contribution in [1.29, 1.82) is 0 Å². The van der Waals surface area contributed by atoms with E-state index in [1.165, 1.54) is 11.1 Å². The van der Waals surface area contributed by atoms with Gasteiger partial charge in [-0.15, -0.1) is 0 Å². The molecule has 0 unspecified atom stereocenters. The van der Waals surface area contributed by atoms with Crippen molar-refractivity contribution in [3.05, 3.63) is 96.6 Å². The van der Waals surface area contributed by atoms with Gasteiger partial charge in [0.1, 0.15) is 12.4 Å². The van der Waals surface area contributed by atoms with Crippen LogP contribution >= 0.6 is 34.2 Å². The van der Waals surface area contributed by atoms with E-state index in [0.717, 1.165) is 51.7 Å². The molecule has 0 atom stereocenters. The van der Waals surface area contributed by atoms with Crippen LogP contribution in [0.1, 0.15) is 55.0 Å². The second-order valence-electron chi connectivity index (χ2n) is 9.13. The van der Waals surface area contributed by atoms with E-state index >= 15 is 0 Å². The maximum absolute atomic E-state index is 13.5. The minimum absolute atomic E-state index is 0.146. The molecule has 37 heavy (non-hydrogen) atoms. The van der Waals surface area contributed by atoms with E-state index in [2.05, 4.69) is 27.7 Å². The van der Waals surface area contributed by atoms with Gasteiger partial charge in [0.2, 0.25) is 0 Å². The number of methoxy groups -OCH3 is 1. The first-order valence-electron chi connectivity index (χ1n) is 12.3. The Morgan fingerprint density at radius 2 is 1.86 bits per heavy atom. The quantitative estimate of drug-likeness (QED) is 0.161. The number of benzene rings is 3. The van der Waals surface area contributed by atoms with Crippen LogP contribution in [0.5, 0.6) is 11.5 Å². The Morgan fingerprint density at radius 1 is 1.11 bits per heavy atom. The molecule has 5 rings (SSSR count). The Bertz CT molecular complexity index is 1500. The highest BCUT2D eigenvalue weighted by Crippen LogP contribution is 2.35. The van der Waals surface area contributed by atoms with Gasteiger partial charge in [-0.3, -0.25) is 4.79 Å². The average Bonchev–Trinajstić information content (AvgIpc) is 2.93. The summed E-state index contributed by atoms with van der Waals surface area (Å²) in [5.74, 6) is 2.21. The summed E-state index contributed by atoms with van der Waals surface area (Å²) in [6, 6.07) is 18.8. The maximum atomic E-state index is 13.5. The second-order valence-corrected chi connectivity index (χ2v) is 10.7. The van der Waals surface area contributed by atoms with Crippen LogP contribution in [0.4, 0.5) is 0 Å². The topological polar surface area (TPSA) is 65.7 Å². The van der Waals surface area contributed by atoms with Crippen LogP contribution in [-0.2, 0) is 6.61 Å². The fourth-order valence-corrected chi connectivity index (χ4v) is 5.60. The van der Waals surface area contributed by atoms with Crippen molar-refractivity contribution in [3.63, 3.8) is 0 Å². The molecule has 6 nitrogen and oxygen atoms in total. The van der Waals surface area contributed by atoms with Gasteiger partial charge >= 0.3 is 0 Å². The lowest BCUT2D eigenvalue weighted by Gasteiger charge is -2.22. The highest BCUT2D eigenvalue weighted by molar-refractivity contribution is 14.1.